The van der Waals surface area contributed by atoms with Gasteiger partial charge in [0, 0.05) is 38.3 Å². The molecule has 4 N–H and O–H groups in total. The molecular formula is C25H31F4N5O4. The molecule has 2 saturated heterocycles. The predicted octanol–water partition coefficient (Wildman–Crippen LogP) is 3.15. The summed E-state index contributed by atoms with van der Waals surface area (Å²) in [5, 5.41) is 11.6. The molecule has 38 heavy (non-hydrogen) atoms. The topological polar surface area (TPSA) is 113 Å². The van der Waals surface area contributed by atoms with Crippen molar-refractivity contribution in [2.45, 2.75) is 25.6 Å². The number of hydrogen-bond acceptors (Lipinski definition) is 7. The lowest BCUT2D eigenvalue weighted by atomic mass is 9.94. The number of alkyl halides is 3. The van der Waals surface area contributed by atoms with Crippen LogP contribution in [0.2, 0.25) is 0 Å². The zero-order chi connectivity index (χ0) is 27.4. The van der Waals surface area contributed by atoms with E-state index in [-0.39, 0.29) is 37.7 Å². The largest absolute Gasteiger partial charge is 0.475 e. The van der Waals surface area contributed by atoms with Crippen LogP contribution in [0.15, 0.2) is 24.3 Å². The number of aliphatic hydroxyl groups excluding tert-OH is 1. The molecule has 3 heterocycles. The number of pyridine rings is 1. The van der Waals surface area contributed by atoms with E-state index in [4.69, 9.17) is 15.2 Å². The fourth-order valence-corrected chi connectivity index (χ4v) is 4.64. The number of anilines is 2. The van der Waals surface area contributed by atoms with Crippen molar-refractivity contribution in [2.75, 3.05) is 62.8 Å². The van der Waals surface area contributed by atoms with Gasteiger partial charge in [-0.1, -0.05) is 0 Å². The lowest BCUT2D eigenvalue weighted by molar-refractivity contribution is -0.185. The van der Waals surface area contributed by atoms with Crippen LogP contribution in [0, 0.1) is 18.7 Å². The molecule has 2 amide bonds. The summed E-state index contributed by atoms with van der Waals surface area (Å²) in [5.74, 6) is -1.61. The average Bonchev–Trinajstić information content (AvgIpc) is 2.88. The zero-order valence-corrected chi connectivity index (χ0v) is 20.9. The minimum atomic E-state index is -4.49. The Morgan fingerprint density at radius 1 is 1.24 bits per heavy atom. The van der Waals surface area contributed by atoms with Gasteiger partial charge >= 0.3 is 12.2 Å². The number of carbonyl (C=O) groups is 1. The molecule has 9 nitrogen and oxygen atoms in total. The number of hydrogen-bond donors (Lipinski definition) is 3. The van der Waals surface area contributed by atoms with Gasteiger partial charge in [0.25, 0.3) is 0 Å². The number of nitrogens with zero attached hydrogens (tertiary/aromatic N) is 3. The van der Waals surface area contributed by atoms with Crippen LogP contribution in [-0.2, 0) is 4.74 Å². The van der Waals surface area contributed by atoms with E-state index in [2.05, 4.69) is 10.3 Å². The number of nitrogens with one attached hydrogen (secondary N) is 1. The molecule has 13 heteroatoms. The molecule has 0 saturated carbocycles. The lowest BCUT2D eigenvalue weighted by Gasteiger charge is -2.37. The van der Waals surface area contributed by atoms with Crippen LogP contribution in [0.3, 0.4) is 0 Å². The van der Waals surface area contributed by atoms with E-state index in [1.807, 2.05) is 4.90 Å². The third kappa shape index (κ3) is 6.63. The Morgan fingerprint density at radius 3 is 2.66 bits per heavy atom. The SMILES string of the molecule is Cc1cc(F)c(NC(=O)N2C[C@@H](N)C[C@@H](C(F)(F)F)C2)cc1-c1cc(OCCO)nc(N2CCOCC2)c1. The smallest absolute Gasteiger partial charge is 0.393 e. The predicted molar refractivity (Wildman–Crippen MR) is 133 cm³/mol. The maximum absolute atomic E-state index is 14.9. The number of aliphatic hydroxyl groups is 1. The molecule has 0 aliphatic carbocycles. The Hall–Kier alpha value is -3.16. The first kappa shape index (κ1) is 27.9. The van der Waals surface area contributed by atoms with Gasteiger partial charge in [-0.15, -0.1) is 0 Å². The van der Waals surface area contributed by atoms with Gasteiger partial charge in [-0.2, -0.15) is 18.2 Å². The summed E-state index contributed by atoms with van der Waals surface area (Å²) in [6.45, 7) is 3.16. The van der Waals surface area contributed by atoms with Crippen LogP contribution in [-0.4, -0.2) is 85.8 Å². The van der Waals surface area contributed by atoms with Gasteiger partial charge in [-0.3, -0.25) is 0 Å². The number of ether oxygens (including phenoxy) is 2. The van der Waals surface area contributed by atoms with Gasteiger partial charge in [-0.05, 0) is 48.2 Å². The van der Waals surface area contributed by atoms with Gasteiger partial charge in [0.15, 0.2) is 0 Å². The quantitative estimate of drug-likeness (QED) is 0.482. The number of urea groups is 1. The van der Waals surface area contributed by atoms with E-state index in [1.54, 1.807) is 19.1 Å². The molecule has 208 valence electrons. The van der Waals surface area contributed by atoms with Crippen molar-refractivity contribution in [2.24, 2.45) is 11.7 Å². The Bertz CT molecular complexity index is 1140. The highest BCUT2D eigenvalue weighted by Gasteiger charge is 2.44. The number of piperidine rings is 1. The minimum Gasteiger partial charge on any atom is -0.475 e. The molecule has 0 unspecified atom stereocenters. The molecule has 2 aromatic rings. The number of likely N-dealkylation sites (tertiary alicyclic amines) is 1. The maximum Gasteiger partial charge on any atom is 0.393 e. The van der Waals surface area contributed by atoms with Crippen molar-refractivity contribution in [3.63, 3.8) is 0 Å². The van der Waals surface area contributed by atoms with Crippen molar-refractivity contribution >= 4 is 17.5 Å². The van der Waals surface area contributed by atoms with Crippen LogP contribution in [0.4, 0.5) is 33.9 Å². The van der Waals surface area contributed by atoms with Crippen LogP contribution in [0.1, 0.15) is 12.0 Å². The molecule has 2 atom stereocenters. The van der Waals surface area contributed by atoms with E-state index in [9.17, 15) is 27.5 Å². The summed E-state index contributed by atoms with van der Waals surface area (Å²) in [6.07, 6.45) is -4.77. The first-order valence-corrected chi connectivity index (χ1v) is 12.3. The molecule has 1 aromatic carbocycles. The van der Waals surface area contributed by atoms with Crippen molar-refractivity contribution in [1.82, 2.24) is 9.88 Å². The van der Waals surface area contributed by atoms with E-state index >= 15 is 0 Å². The Morgan fingerprint density at radius 2 is 1.97 bits per heavy atom. The van der Waals surface area contributed by atoms with Crippen molar-refractivity contribution < 1.29 is 36.9 Å². The fraction of sp³-hybridized carbons (Fsp3) is 0.520. The monoisotopic (exact) mass is 541 g/mol. The standard InChI is InChI=1S/C25H31F4N5O4/c1-15-8-20(26)21(31-24(36)34-13-17(25(27,28)29)11-18(30)14-34)12-19(15)16-9-22(33-2-5-37-6-3-33)32-23(10-16)38-7-4-35/h8-10,12,17-18,35H,2-7,11,13-14,30H2,1H3,(H,31,36)/t17-,18+/m1/s1. The van der Waals surface area contributed by atoms with Crippen LogP contribution in [0.25, 0.3) is 11.1 Å². The zero-order valence-electron chi connectivity index (χ0n) is 20.9. The summed E-state index contributed by atoms with van der Waals surface area (Å²) in [4.78, 5) is 20.4. The number of carbonyl (C=O) groups excluding carboxylic acids is 1. The van der Waals surface area contributed by atoms with E-state index in [0.717, 1.165) is 4.90 Å². The van der Waals surface area contributed by atoms with Gasteiger partial charge < -0.3 is 35.4 Å². The molecular weight excluding hydrogens is 510 g/mol. The lowest BCUT2D eigenvalue weighted by Crippen LogP contribution is -2.53. The molecule has 2 aliphatic heterocycles. The minimum absolute atomic E-state index is 0.0274. The van der Waals surface area contributed by atoms with Crippen LogP contribution in [0.5, 0.6) is 5.88 Å². The first-order chi connectivity index (χ1) is 18.0. The maximum atomic E-state index is 14.9. The number of halogens is 4. The van der Waals surface area contributed by atoms with Crippen LogP contribution < -0.4 is 20.7 Å². The Balaban J connectivity index is 1.63. The second-order valence-electron chi connectivity index (χ2n) is 9.44. The number of rotatable bonds is 6. The second kappa shape index (κ2) is 11.7. The number of aromatic nitrogens is 1. The second-order valence-corrected chi connectivity index (χ2v) is 9.44. The van der Waals surface area contributed by atoms with Gasteiger partial charge in [0.2, 0.25) is 5.88 Å². The van der Waals surface area contributed by atoms with Crippen molar-refractivity contribution in [3.05, 3.63) is 35.6 Å². The van der Waals surface area contributed by atoms with Gasteiger partial charge in [0.1, 0.15) is 18.2 Å². The van der Waals surface area contributed by atoms with E-state index < -0.39 is 36.5 Å². The summed E-state index contributed by atoms with van der Waals surface area (Å²) in [7, 11) is 0. The van der Waals surface area contributed by atoms with Gasteiger partial charge in [0.05, 0.1) is 31.4 Å². The van der Waals surface area contributed by atoms with E-state index in [1.165, 1.54) is 12.1 Å². The number of benzene rings is 1. The number of nitrogens with two attached hydrogens (primary N) is 1. The summed E-state index contributed by atoms with van der Waals surface area (Å²) >= 11 is 0. The average molecular weight is 542 g/mol. The highest BCUT2D eigenvalue weighted by atomic mass is 19.4. The molecule has 1 aromatic heterocycles. The highest BCUT2D eigenvalue weighted by molar-refractivity contribution is 5.91. The number of amides is 2. The molecule has 0 spiro atoms. The van der Waals surface area contributed by atoms with Crippen molar-refractivity contribution in [3.8, 4) is 17.0 Å². The van der Waals surface area contributed by atoms with E-state index in [0.29, 0.717) is 48.8 Å². The molecule has 4 rings (SSSR count). The molecule has 0 bridgehead atoms. The number of aryl methyl sites for hydroxylation is 1. The Kier molecular flexibility index (Phi) is 8.58. The summed E-state index contributed by atoms with van der Waals surface area (Å²) in [6, 6.07) is 4.42. The van der Waals surface area contributed by atoms with Crippen LogP contribution >= 0.6 is 0 Å². The summed E-state index contributed by atoms with van der Waals surface area (Å²) in [5.41, 5.74) is 7.35. The third-order valence-electron chi connectivity index (χ3n) is 6.56. The summed E-state index contributed by atoms with van der Waals surface area (Å²) < 4.78 is 65.8. The first-order valence-electron chi connectivity index (χ1n) is 12.3. The number of morpholine rings is 1. The molecule has 2 fully saturated rings. The third-order valence-corrected chi connectivity index (χ3v) is 6.56. The van der Waals surface area contributed by atoms with Crippen molar-refractivity contribution in [1.29, 1.82) is 0 Å². The molecule has 0 radical (unpaired) electrons. The normalized spacial score (nSPS) is 20.4. The Labute approximate surface area is 217 Å². The molecule has 2 aliphatic rings. The van der Waals surface area contributed by atoms with Gasteiger partial charge in [-0.25, -0.2) is 9.18 Å². The fourth-order valence-electron chi connectivity index (χ4n) is 4.64. The highest BCUT2D eigenvalue weighted by Crippen LogP contribution is 2.35.